The number of nitrogens with zero attached hydrogens (tertiary/aromatic N) is 4. The van der Waals surface area contributed by atoms with E-state index in [1.807, 2.05) is 13.1 Å². The molecule has 0 spiro atoms. The van der Waals surface area contributed by atoms with Gasteiger partial charge in [0.25, 0.3) is 11.1 Å². The van der Waals surface area contributed by atoms with Gasteiger partial charge in [0.05, 0.1) is 5.75 Å². The maximum atomic E-state index is 12.2. The molecular formula is C14H19N5O3S. The average Bonchev–Trinajstić information content (AvgIpc) is 2.86. The van der Waals surface area contributed by atoms with E-state index in [0.29, 0.717) is 19.6 Å². The number of likely N-dealkylation sites (N-methyl/N-ethyl adjacent to an activating group) is 1. The quantitative estimate of drug-likeness (QED) is 0.408. The largest absolute Gasteiger partial charge is 0.388 e. The number of carbonyl (C=O) groups excluding carboxylic acids is 3. The first-order chi connectivity index (χ1) is 11.0. The zero-order chi connectivity index (χ0) is 16.8. The van der Waals surface area contributed by atoms with Crippen molar-refractivity contribution in [3.8, 4) is 6.07 Å². The number of imide groups is 1. The molecule has 0 radical (unpaired) electrons. The van der Waals surface area contributed by atoms with E-state index in [4.69, 9.17) is 5.26 Å². The number of thioether (sulfide) groups is 1. The monoisotopic (exact) mass is 337 g/mol. The van der Waals surface area contributed by atoms with E-state index in [9.17, 15) is 14.4 Å². The molecule has 23 heavy (non-hydrogen) atoms. The van der Waals surface area contributed by atoms with Gasteiger partial charge in [-0.1, -0.05) is 11.8 Å². The van der Waals surface area contributed by atoms with Gasteiger partial charge in [-0.3, -0.25) is 19.3 Å². The summed E-state index contributed by atoms with van der Waals surface area (Å²) in [6, 6.07) is 1.90. The second kappa shape index (κ2) is 7.99. The number of nitrogens with one attached hydrogen (secondary N) is 1. The van der Waals surface area contributed by atoms with E-state index >= 15 is 0 Å². The van der Waals surface area contributed by atoms with Crippen LogP contribution in [0.3, 0.4) is 0 Å². The van der Waals surface area contributed by atoms with Crippen molar-refractivity contribution >= 4 is 28.8 Å². The van der Waals surface area contributed by atoms with Crippen molar-refractivity contribution in [1.82, 2.24) is 20.0 Å². The van der Waals surface area contributed by atoms with Crippen LogP contribution < -0.4 is 5.32 Å². The highest BCUT2D eigenvalue weighted by molar-refractivity contribution is 8.14. The first-order valence-corrected chi connectivity index (χ1v) is 8.30. The number of amides is 3. The van der Waals surface area contributed by atoms with Gasteiger partial charge >= 0.3 is 0 Å². The summed E-state index contributed by atoms with van der Waals surface area (Å²) in [5, 5.41) is 11.7. The Morgan fingerprint density at radius 1 is 1.35 bits per heavy atom. The second-order valence-corrected chi connectivity index (χ2v) is 6.25. The Kier molecular flexibility index (Phi) is 6.01. The summed E-state index contributed by atoms with van der Waals surface area (Å²) >= 11 is 0.983. The lowest BCUT2D eigenvalue weighted by molar-refractivity contribution is -0.128. The SMILES string of the molecule is CN1CCN(C(=O)/C(C#N)=C\NCCN2C(=O)CSC2=O)CC1. The summed E-state index contributed by atoms with van der Waals surface area (Å²) in [5.74, 6) is -0.322. The summed E-state index contributed by atoms with van der Waals surface area (Å²) in [6.45, 7) is 3.30. The molecule has 2 fully saturated rings. The Morgan fingerprint density at radius 3 is 2.61 bits per heavy atom. The zero-order valence-electron chi connectivity index (χ0n) is 12.9. The fourth-order valence-corrected chi connectivity index (χ4v) is 3.02. The molecule has 2 heterocycles. The summed E-state index contributed by atoms with van der Waals surface area (Å²) in [7, 11) is 1.99. The highest BCUT2D eigenvalue weighted by Crippen LogP contribution is 2.17. The van der Waals surface area contributed by atoms with Crippen LogP contribution in [0.4, 0.5) is 4.79 Å². The van der Waals surface area contributed by atoms with Crippen molar-refractivity contribution in [2.24, 2.45) is 0 Å². The molecule has 9 heteroatoms. The number of piperazine rings is 1. The third kappa shape index (κ3) is 4.46. The molecule has 0 saturated carbocycles. The molecule has 0 aromatic heterocycles. The maximum absolute atomic E-state index is 12.2. The van der Waals surface area contributed by atoms with Gasteiger partial charge in [0, 0.05) is 45.5 Å². The predicted octanol–water partition coefficient (Wildman–Crippen LogP) is -0.547. The van der Waals surface area contributed by atoms with Gasteiger partial charge in [-0.15, -0.1) is 0 Å². The summed E-state index contributed by atoms with van der Waals surface area (Å²) in [4.78, 5) is 40.0. The molecule has 2 aliphatic heterocycles. The number of nitriles is 1. The van der Waals surface area contributed by atoms with Crippen LogP contribution in [0.1, 0.15) is 0 Å². The molecule has 2 saturated heterocycles. The highest BCUT2D eigenvalue weighted by atomic mass is 32.2. The fraction of sp³-hybridized carbons (Fsp3) is 0.571. The number of hydrogen-bond acceptors (Lipinski definition) is 7. The van der Waals surface area contributed by atoms with Crippen molar-refractivity contribution in [3.05, 3.63) is 11.8 Å². The molecule has 2 aliphatic rings. The predicted molar refractivity (Wildman–Crippen MR) is 85.3 cm³/mol. The van der Waals surface area contributed by atoms with Gasteiger partial charge in [-0.25, -0.2) is 0 Å². The standard InChI is InChI=1S/C14H19N5O3S/c1-17-4-6-18(7-5-17)13(21)11(8-15)9-16-2-3-19-12(20)10-23-14(19)22/h9,16H,2-7,10H2,1H3/b11-9-. The Labute approximate surface area is 139 Å². The molecule has 1 N–H and O–H groups in total. The van der Waals surface area contributed by atoms with Gasteiger partial charge < -0.3 is 15.1 Å². The Balaban J connectivity index is 1.82. The van der Waals surface area contributed by atoms with E-state index in [1.54, 1.807) is 4.90 Å². The van der Waals surface area contributed by atoms with Gasteiger partial charge in [0.1, 0.15) is 11.6 Å². The molecule has 8 nitrogen and oxygen atoms in total. The van der Waals surface area contributed by atoms with E-state index in [-0.39, 0.29) is 34.9 Å². The van der Waals surface area contributed by atoms with Gasteiger partial charge in [0.15, 0.2) is 0 Å². The topological polar surface area (TPSA) is 96.8 Å². The van der Waals surface area contributed by atoms with E-state index in [0.717, 1.165) is 24.9 Å². The number of carbonyl (C=O) groups is 3. The van der Waals surface area contributed by atoms with Gasteiger partial charge in [0.2, 0.25) is 5.91 Å². The number of rotatable bonds is 5. The molecule has 0 bridgehead atoms. The fourth-order valence-electron chi connectivity index (χ4n) is 2.27. The minimum Gasteiger partial charge on any atom is -0.388 e. The lowest BCUT2D eigenvalue weighted by Crippen LogP contribution is -2.47. The van der Waals surface area contributed by atoms with E-state index in [1.165, 1.54) is 11.1 Å². The van der Waals surface area contributed by atoms with Crippen LogP contribution >= 0.6 is 11.8 Å². The van der Waals surface area contributed by atoms with Crippen molar-refractivity contribution in [1.29, 1.82) is 5.26 Å². The van der Waals surface area contributed by atoms with Crippen molar-refractivity contribution in [3.63, 3.8) is 0 Å². The van der Waals surface area contributed by atoms with E-state index in [2.05, 4.69) is 10.2 Å². The lowest BCUT2D eigenvalue weighted by atomic mass is 10.2. The van der Waals surface area contributed by atoms with Crippen LogP contribution in [0, 0.1) is 11.3 Å². The molecule has 0 atom stereocenters. The first kappa shape index (κ1) is 17.3. The number of hydrogen-bond donors (Lipinski definition) is 1. The normalized spacial score (nSPS) is 19.9. The van der Waals surface area contributed by atoms with Crippen LogP contribution in [0.5, 0.6) is 0 Å². The Morgan fingerprint density at radius 2 is 2.04 bits per heavy atom. The minimum absolute atomic E-state index is 0.0306. The van der Waals surface area contributed by atoms with Crippen LogP contribution in [0.15, 0.2) is 11.8 Å². The minimum atomic E-state index is -0.294. The maximum Gasteiger partial charge on any atom is 0.288 e. The Hall–Kier alpha value is -2.05. The van der Waals surface area contributed by atoms with Crippen LogP contribution in [0.25, 0.3) is 0 Å². The van der Waals surface area contributed by atoms with Crippen molar-refractivity contribution < 1.29 is 14.4 Å². The van der Waals surface area contributed by atoms with Crippen LogP contribution in [-0.4, -0.2) is 83.8 Å². The van der Waals surface area contributed by atoms with Crippen molar-refractivity contribution in [2.45, 2.75) is 0 Å². The van der Waals surface area contributed by atoms with E-state index < -0.39 is 0 Å². The molecule has 0 aromatic rings. The van der Waals surface area contributed by atoms with Crippen LogP contribution in [-0.2, 0) is 9.59 Å². The summed E-state index contributed by atoms with van der Waals surface area (Å²) in [6.07, 6.45) is 1.36. The summed E-state index contributed by atoms with van der Waals surface area (Å²) < 4.78 is 0. The molecule has 0 unspecified atom stereocenters. The third-order valence-electron chi connectivity index (χ3n) is 3.71. The molecule has 124 valence electrons. The van der Waals surface area contributed by atoms with Gasteiger partial charge in [-0.05, 0) is 7.05 Å². The molecule has 0 aromatic carbocycles. The van der Waals surface area contributed by atoms with Crippen molar-refractivity contribution in [2.75, 3.05) is 52.1 Å². The smallest absolute Gasteiger partial charge is 0.288 e. The molecule has 0 aliphatic carbocycles. The molecule has 2 rings (SSSR count). The molecule has 3 amide bonds. The first-order valence-electron chi connectivity index (χ1n) is 7.31. The summed E-state index contributed by atoms with van der Waals surface area (Å²) in [5.41, 5.74) is 0.0306. The Bertz CT molecular complexity index is 547. The highest BCUT2D eigenvalue weighted by Gasteiger charge is 2.29. The third-order valence-corrected chi connectivity index (χ3v) is 4.57. The lowest BCUT2D eigenvalue weighted by Gasteiger charge is -2.32. The second-order valence-electron chi connectivity index (χ2n) is 5.32. The molecular weight excluding hydrogens is 318 g/mol. The van der Waals surface area contributed by atoms with Gasteiger partial charge in [-0.2, -0.15) is 5.26 Å². The van der Waals surface area contributed by atoms with Crippen LogP contribution in [0.2, 0.25) is 0 Å². The average molecular weight is 337 g/mol. The zero-order valence-corrected chi connectivity index (χ0v) is 13.8.